The highest BCUT2D eigenvalue weighted by molar-refractivity contribution is 7.92. The van der Waals surface area contributed by atoms with Crippen LogP contribution < -0.4 is 10.0 Å². The zero-order valence-corrected chi connectivity index (χ0v) is 11.1. The summed E-state index contributed by atoms with van der Waals surface area (Å²) in [4.78, 5) is 0.586. The summed E-state index contributed by atoms with van der Waals surface area (Å²) < 4.78 is 24.4. The number of anilines is 1. The molecular weight excluding hydrogens is 256 g/mol. The Morgan fingerprint density at radius 1 is 1.41 bits per heavy atom. The smallest absolute Gasteiger partial charge is 0.229 e. The molecule has 0 unspecified atom stereocenters. The summed E-state index contributed by atoms with van der Waals surface area (Å²) in [5.74, 6) is 0. The van der Waals surface area contributed by atoms with Crippen molar-refractivity contribution in [3.05, 3.63) is 42.5 Å². The zero-order chi connectivity index (χ0) is 12.9. The first-order chi connectivity index (χ1) is 7.90. The van der Waals surface area contributed by atoms with E-state index in [4.69, 9.17) is 12.2 Å². The first-order valence-electron chi connectivity index (χ1n) is 4.88. The Labute approximate surface area is 107 Å². The van der Waals surface area contributed by atoms with Crippen molar-refractivity contribution in [2.45, 2.75) is 6.54 Å². The Kier molecular flexibility index (Phi) is 4.65. The average molecular weight is 270 g/mol. The van der Waals surface area contributed by atoms with Gasteiger partial charge in [-0.1, -0.05) is 30.9 Å². The molecule has 17 heavy (non-hydrogen) atoms. The highest BCUT2D eigenvalue weighted by Gasteiger charge is 2.01. The summed E-state index contributed by atoms with van der Waals surface area (Å²) in [6.07, 6.45) is 2.68. The third kappa shape index (κ3) is 5.46. The molecule has 0 aromatic heterocycles. The van der Waals surface area contributed by atoms with Crippen LogP contribution in [0.5, 0.6) is 0 Å². The van der Waals surface area contributed by atoms with Gasteiger partial charge < -0.3 is 5.32 Å². The van der Waals surface area contributed by atoms with Crippen molar-refractivity contribution in [2.75, 3.05) is 11.0 Å². The Morgan fingerprint density at radius 3 is 2.47 bits per heavy atom. The molecule has 2 N–H and O–H groups in total. The topological polar surface area (TPSA) is 58.2 Å². The molecule has 0 atom stereocenters. The van der Waals surface area contributed by atoms with Gasteiger partial charge in [-0.25, -0.2) is 8.42 Å². The van der Waals surface area contributed by atoms with Crippen molar-refractivity contribution in [3.63, 3.8) is 0 Å². The molecule has 0 amide bonds. The predicted octanol–water partition coefficient (Wildman–Crippen LogP) is 1.66. The van der Waals surface area contributed by atoms with Crippen LogP contribution in [0, 0.1) is 0 Å². The van der Waals surface area contributed by atoms with Crippen LogP contribution in [-0.2, 0) is 16.6 Å². The van der Waals surface area contributed by atoms with Gasteiger partial charge in [-0.15, -0.1) is 0 Å². The van der Waals surface area contributed by atoms with Gasteiger partial charge >= 0.3 is 0 Å². The van der Waals surface area contributed by atoms with Crippen LogP contribution in [0.1, 0.15) is 5.56 Å². The van der Waals surface area contributed by atoms with Gasteiger partial charge in [-0.3, -0.25) is 4.72 Å². The SMILES string of the molecule is C=CC(=S)NCc1ccc(NS(C)(=O)=O)cc1. The first kappa shape index (κ1) is 13.7. The summed E-state index contributed by atoms with van der Waals surface area (Å²) in [6, 6.07) is 7.06. The second-order valence-corrected chi connectivity index (χ2v) is 5.68. The molecule has 6 heteroatoms. The van der Waals surface area contributed by atoms with E-state index in [1.807, 2.05) is 12.1 Å². The zero-order valence-electron chi connectivity index (χ0n) is 9.43. The number of sulfonamides is 1. The van der Waals surface area contributed by atoms with Crippen molar-refractivity contribution < 1.29 is 8.42 Å². The van der Waals surface area contributed by atoms with Gasteiger partial charge in [0.25, 0.3) is 0 Å². The largest absolute Gasteiger partial charge is 0.372 e. The second kappa shape index (κ2) is 5.79. The summed E-state index contributed by atoms with van der Waals surface area (Å²) in [7, 11) is -3.22. The van der Waals surface area contributed by atoms with Crippen LogP contribution in [0.2, 0.25) is 0 Å². The van der Waals surface area contributed by atoms with Gasteiger partial charge in [-0.2, -0.15) is 0 Å². The third-order valence-corrected chi connectivity index (χ3v) is 2.83. The maximum Gasteiger partial charge on any atom is 0.229 e. The van der Waals surface area contributed by atoms with Gasteiger partial charge in [0.2, 0.25) is 10.0 Å². The summed E-state index contributed by atoms with van der Waals surface area (Å²) in [5, 5.41) is 2.99. The van der Waals surface area contributed by atoms with Gasteiger partial charge in [0.1, 0.15) is 0 Å². The predicted molar refractivity (Wildman–Crippen MR) is 74.5 cm³/mol. The fourth-order valence-electron chi connectivity index (χ4n) is 1.17. The molecule has 0 saturated heterocycles. The molecule has 0 aliphatic carbocycles. The van der Waals surface area contributed by atoms with Crippen molar-refractivity contribution in [1.82, 2.24) is 5.32 Å². The van der Waals surface area contributed by atoms with E-state index in [0.717, 1.165) is 11.8 Å². The number of thiocarbonyl (C=S) groups is 1. The standard InChI is InChI=1S/C11H14N2O2S2/c1-3-11(16)12-8-9-4-6-10(7-5-9)13-17(2,14)15/h3-7,13H,1,8H2,2H3,(H,12,16). The van der Waals surface area contributed by atoms with Crippen LogP contribution in [0.4, 0.5) is 5.69 Å². The Bertz CT molecular complexity index is 507. The normalized spacial score (nSPS) is 10.6. The molecule has 92 valence electrons. The summed E-state index contributed by atoms with van der Waals surface area (Å²) >= 11 is 4.93. The van der Waals surface area contributed by atoms with Gasteiger partial charge in [0.15, 0.2) is 0 Å². The molecule has 4 nitrogen and oxygen atoms in total. The summed E-state index contributed by atoms with van der Waals surface area (Å²) in [6.45, 7) is 4.13. The minimum atomic E-state index is -3.22. The maximum absolute atomic E-state index is 11.0. The Balaban J connectivity index is 2.62. The average Bonchev–Trinajstić information content (AvgIpc) is 2.25. The van der Waals surface area contributed by atoms with Gasteiger partial charge in [0.05, 0.1) is 11.2 Å². The quantitative estimate of drug-likeness (QED) is 0.631. The minimum Gasteiger partial charge on any atom is -0.372 e. The Morgan fingerprint density at radius 2 is 2.00 bits per heavy atom. The van der Waals surface area contributed by atoms with E-state index in [-0.39, 0.29) is 0 Å². The van der Waals surface area contributed by atoms with Crippen molar-refractivity contribution in [1.29, 1.82) is 0 Å². The molecule has 0 heterocycles. The van der Waals surface area contributed by atoms with Crippen LogP contribution in [0.15, 0.2) is 36.9 Å². The number of hydrogen-bond acceptors (Lipinski definition) is 3. The fourth-order valence-corrected chi connectivity index (χ4v) is 1.80. The third-order valence-electron chi connectivity index (χ3n) is 1.91. The van der Waals surface area contributed by atoms with Crippen molar-refractivity contribution in [3.8, 4) is 0 Å². The van der Waals surface area contributed by atoms with Gasteiger partial charge in [-0.05, 0) is 23.8 Å². The maximum atomic E-state index is 11.0. The second-order valence-electron chi connectivity index (χ2n) is 3.49. The number of nitrogens with one attached hydrogen (secondary N) is 2. The van der Waals surface area contributed by atoms with E-state index >= 15 is 0 Å². The molecule has 1 rings (SSSR count). The fraction of sp³-hybridized carbons (Fsp3) is 0.182. The van der Waals surface area contributed by atoms with Crippen LogP contribution in [0.25, 0.3) is 0 Å². The number of rotatable bonds is 5. The van der Waals surface area contributed by atoms with Gasteiger partial charge in [0, 0.05) is 12.2 Å². The van der Waals surface area contributed by atoms with E-state index < -0.39 is 10.0 Å². The van der Waals surface area contributed by atoms with E-state index in [1.54, 1.807) is 18.2 Å². The monoisotopic (exact) mass is 270 g/mol. The Hall–Kier alpha value is -1.40. The van der Waals surface area contributed by atoms with Crippen LogP contribution in [0.3, 0.4) is 0 Å². The molecule has 0 aliphatic heterocycles. The van der Waals surface area contributed by atoms with E-state index in [1.165, 1.54) is 0 Å². The highest BCUT2D eigenvalue weighted by Crippen LogP contribution is 2.10. The molecular formula is C11H14N2O2S2. The van der Waals surface area contributed by atoms with Crippen molar-refractivity contribution >= 4 is 32.9 Å². The first-order valence-corrected chi connectivity index (χ1v) is 7.17. The van der Waals surface area contributed by atoms with E-state index in [2.05, 4.69) is 16.6 Å². The molecule has 0 spiro atoms. The molecule has 1 aromatic carbocycles. The van der Waals surface area contributed by atoms with E-state index in [0.29, 0.717) is 17.2 Å². The number of hydrogen-bond donors (Lipinski definition) is 2. The lowest BCUT2D eigenvalue weighted by molar-refractivity contribution is 0.607. The highest BCUT2D eigenvalue weighted by atomic mass is 32.2. The molecule has 1 aromatic rings. The van der Waals surface area contributed by atoms with Crippen LogP contribution >= 0.6 is 12.2 Å². The molecule has 0 saturated carbocycles. The minimum absolute atomic E-state index is 0.544. The molecule has 0 radical (unpaired) electrons. The molecule has 0 fully saturated rings. The van der Waals surface area contributed by atoms with Crippen molar-refractivity contribution in [2.24, 2.45) is 0 Å². The lowest BCUT2D eigenvalue weighted by Crippen LogP contribution is -2.18. The molecule has 0 bridgehead atoms. The summed E-state index contributed by atoms with van der Waals surface area (Å²) in [5.41, 5.74) is 1.55. The van der Waals surface area contributed by atoms with Crippen LogP contribution in [-0.4, -0.2) is 19.7 Å². The number of benzene rings is 1. The van der Waals surface area contributed by atoms with E-state index in [9.17, 15) is 8.42 Å². The lowest BCUT2D eigenvalue weighted by atomic mass is 10.2. The molecule has 0 aliphatic rings. The lowest BCUT2D eigenvalue weighted by Gasteiger charge is -2.07.